The van der Waals surface area contributed by atoms with Crippen molar-refractivity contribution in [2.45, 2.75) is 12.5 Å². The highest BCUT2D eigenvalue weighted by Gasteiger charge is 2.22. The predicted molar refractivity (Wildman–Crippen MR) is 56.2 cm³/mol. The molecule has 15 heavy (non-hydrogen) atoms. The van der Waals surface area contributed by atoms with Gasteiger partial charge in [-0.3, -0.25) is 4.79 Å². The van der Waals surface area contributed by atoms with E-state index in [4.69, 9.17) is 10.9 Å². The lowest BCUT2D eigenvalue weighted by atomic mass is 10.1. The van der Waals surface area contributed by atoms with Crippen LogP contribution in [0.1, 0.15) is 6.42 Å². The molecular formula is C8H15N3O3S. The molecule has 0 aromatic rings. The van der Waals surface area contributed by atoms with Crippen LogP contribution in [0.2, 0.25) is 0 Å². The maximum atomic E-state index is 11.4. The topological polar surface area (TPSA) is 115 Å². The maximum Gasteiger partial charge on any atom is 0.227 e. The van der Waals surface area contributed by atoms with Crippen molar-refractivity contribution in [2.24, 2.45) is 16.8 Å². The first kappa shape index (κ1) is 12.2. The molecule has 6 nitrogen and oxygen atoms in total. The van der Waals surface area contributed by atoms with Crippen molar-refractivity contribution in [2.75, 3.05) is 12.3 Å². The van der Waals surface area contributed by atoms with Gasteiger partial charge in [-0.2, -0.15) is 0 Å². The van der Waals surface area contributed by atoms with E-state index in [1.807, 2.05) is 0 Å². The zero-order valence-corrected chi connectivity index (χ0v) is 9.03. The van der Waals surface area contributed by atoms with Gasteiger partial charge in [0.2, 0.25) is 15.9 Å². The van der Waals surface area contributed by atoms with E-state index in [-0.39, 0.29) is 30.2 Å². The Balaban J connectivity index is 2.29. The average Bonchev–Trinajstić information content (AvgIpc) is 2.49. The van der Waals surface area contributed by atoms with Crippen molar-refractivity contribution in [3.05, 3.63) is 12.2 Å². The van der Waals surface area contributed by atoms with E-state index in [1.165, 1.54) is 0 Å². The normalized spacial score (nSPS) is 25.5. The zero-order valence-electron chi connectivity index (χ0n) is 8.22. The average molecular weight is 233 g/mol. The van der Waals surface area contributed by atoms with Crippen LogP contribution in [0.5, 0.6) is 0 Å². The van der Waals surface area contributed by atoms with Crippen LogP contribution in [0.4, 0.5) is 0 Å². The first-order valence-electron chi connectivity index (χ1n) is 4.60. The Hall–Kier alpha value is -0.920. The standard InChI is InChI=1S/C8H15N3O3S/c9-7-2-1-6(5-7)8(12)11-3-4-15(10,13)14/h1-2,6-7H,3-5,9H2,(H,11,12)(H2,10,13,14). The third-order valence-electron chi connectivity index (χ3n) is 2.14. The molecule has 0 aromatic carbocycles. The van der Waals surface area contributed by atoms with Gasteiger partial charge in [0.05, 0.1) is 11.7 Å². The number of primary sulfonamides is 1. The molecule has 2 atom stereocenters. The van der Waals surface area contributed by atoms with Crippen molar-refractivity contribution in [3.8, 4) is 0 Å². The third kappa shape index (κ3) is 4.41. The lowest BCUT2D eigenvalue weighted by Gasteiger charge is -2.09. The second kappa shape index (κ2) is 4.73. The Morgan fingerprint density at radius 3 is 2.60 bits per heavy atom. The Morgan fingerprint density at radius 2 is 2.13 bits per heavy atom. The van der Waals surface area contributed by atoms with Crippen LogP contribution in [-0.4, -0.2) is 32.7 Å². The Bertz CT molecular complexity index is 363. The minimum Gasteiger partial charge on any atom is -0.355 e. The highest BCUT2D eigenvalue weighted by Crippen LogP contribution is 2.15. The molecule has 2 unspecified atom stereocenters. The molecule has 0 saturated carbocycles. The summed E-state index contributed by atoms with van der Waals surface area (Å²) in [5.41, 5.74) is 5.58. The number of nitrogens with two attached hydrogens (primary N) is 2. The van der Waals surface area contributed by atoms with Crippen LogP contribution >= 0.6 is 0 Å². The van der Waals surface area contributed by atoms with Crippen molar-refractivity contribution >= 4 is 15.9 Å². The number of nitrogens with one attached hydrogen (secondary N) is 1. The summed E-state index contributed by atoms with van der Waals surface area (Å²) in [5, 5.41) is 7.28. The summed E-state index contributed by atoms with van der Waals surface area (Å²) in [5.74, 6) is -0.704. The molecule has 0 bridgehead atoms. The summed E-state index contributed by atoms with van der Waals surface area (Å²) in [7, 11) is -3.51. The van der Waals surface area contributed by atoms with Gasteiger partial charge in [-0.1, -0.05) is 12.2 Å². The summed E-state index contributed by atoms with van der Waals surface area (Å²) in [4.78, 5) is 11.4. The van der Waals surface area contributed by atoms with Crippen molar-refractivity contribution in [3.63, 3.8) is 0 Å². The van der Waals surface area contributed by atoms with Gasteiger partial charge in [-0.25, -0.2) is 13.6 Å². The van der Waals surface area contributed by atoms with Crippen LogP contribution < -0.4 is 16.2 Å². The fourth-order valence-corrected chi connectivity index (χ4v) is 1.76. The SMILES string of the molecule is NC1C=CC(C(=O)NCCS(N)(=O)=O)C1. The van der Waals surface area contributed by atoms with Crippen molar-refractivity contribution in [1.29, 1.82) is 0 Å². The van der Waals surface area contributed by atoms with Gasteiger partial charge in [0.15, 0.2) is 0 Å². The molecule has 1 amide bonds. The molecule has 1 aliphatic carbocycles. The van der Waals surface area contributed by atoms with Gasteiger partial charge in [0.1, 0.15) is 0 Å². The summed E-state index contributed by atoms with van der Waals surface area (Å²) in [6.07, 6.45) is 4.07. The summed E-state index contributed by atoms with van der Waals surface area (Å²) in [6, 6.07) is -0.0843. The fraction of sp³-hybridized carbons (Fsp3) is 0.625. The molecule has 0 aliphatic heterocycles. The summed E-state index contributed by atoms with van der Waals surface area (Å²) < 4.78 is 21.2. The molecule has 0 aromatic heterocycles. The van der Waals surface area contributed by atoms with Crippen molar-refractivity contribution < 1.29 is 13.2 Å². The number of rotatable bonds is 4. The van der Waals surface area contributed by atoms with E-state index in [2.05, 4.69) is 5.32 Å². The van der Waals surface area contributed by atoms with E-state index in [9.17, 15) is 13.2 Å². The number of sulfonamides is 1. The maximum absolute atomic E-state index is 11.4. The van der Waals surface area contributed by atoms with E-state index >= 15 is 0 Å². The molecule has 0 radical (unpaired) electrons. The van der Waals surface area contributed by atoms with Gasteiger partial charge in [-0.15, -0.1) is 0 Å². The Kier molecular flexibility index (Phi) is 3.83. The second-order valence-corrected chi connectivity index (χ2v) is 5.28. The Morgan fingerprint density at radius 1 is 1.47 bits per heavy atom. The van der Waals surface area contributed by atoms with Crippen molar-refractivity contribution in [1.82, 2.24) is 5.32 Å². The smallest absolute Gasteiger partial charge is 0.227 e. The molecule has 0 spiro atoms. The van der Waals surface area contributed by atoms with Crippen LogP contribution in [0.15, 0.2) is 12.2 Å². The number of carbonyl (C=O) groups excluding carboxylic acids is 1. The molecule has 0 heterocycles. The van der Waals surface area contributed by atoms with E-state index < -0.39 is 10.0 Å². The highest BCUT2D eigenvalue weighted by atomic mass is 32.2. The molecule has 0 saturated heterocycles. The number of carbonyl (C=O) groups is 1. The summed E-state index contributed by atoms with van der Waals surface area (Å²) in [6.45, 7) is 0.0389. The van der Waals surface area contributed by atoms with Gasteiger partial charge in [-0.05, 0) is 6.42 Å². The molecule has 1 aliphatic rings. The zero-order chi connectivity index (χ0) is 11.5. The second-order valence-electron chi connectivity index (χ2n) is 3.55. The third-order valence-corrected chi connectivity index (χ3v) is 2.91. The van der Waals surface area contributed by atoms with Crippen LogP contribution in [0.25, 0.3) is 0 Å². The van der Waals surface area contributed by atoms with Crippen LogP contribution in [0.3, 0.4) is 0 Å². The first-order chi connectivity index (χ1) is 6.88. The quantitative estimate of drug-likeness (QED) is 0.502. The van der Waals surface area contributed by atoms with Gasteiger partial charge < -0.3 is 11.1 Å². The van der Waals surface area contributed by atoms with Gasteiger partial charge in [0, 0.05) is 12.6 Å². The molecule has 5 N–H and O–H groups in total. The van der Waals surface area contributed by atoms with Gasteiger partial charge in [0.25, 0.3) is 0 Å². The van der Waals surface area contributed by atoms with E-state index in [0.717, 1.165) is 0 Å². The summed E-state index contributed by atoms with van der Waals surface area (Å²) >= 11 is 0. The first-order valence-corrected chi connectivity index (χ1v) is 6.32. The number of hydrogen-bond donors (Lipinski definition) is 3. The van der Waals surface area contributed by atoms with E-state index in [0.29, 0.717) is 6.42 Å². The molecule has 86 valence electrons. The van der Waals surface area contributed by atoms with Crippen LogP contribution in [-0.2, 0) is 14.8 Å². The molecule has 7 heteroatoms. The Labute approximate surface area is 88.8 Å². The van der Waals surface area contributed by atoms with E-state index in [1.54, 1.807) is 12.2 Å². The predicted octanol–water partition coefficient (Wildman–Crippen LogP) is -1.71. The minimum absolute atomic E-state index is 0.0389. The minimum atomic E-state index is -3.51. The number of hydrogen-bond acceptors (Lipinski definition) is 4. The van der Waals surface area contributed by atoms with Gasteiger partial charge >= 0.3 is 0 Å². The highest BCUT2D eigenvalue weighted by molar-refractivity contribution is 7.89. The largest absolute Gasteiger partial charge is 0.355 e. The molecular weight excluding hydrogens is 218 g/mol. The fourth-order valence-electron chi connectivity index (χ4n) is 1.37. The monoisotopic (exact) mass is 233 g/mol. The number of amides is 1. The molecule has 0 fully saturated rings. The lowest BCUT2D eigenvalue weighted by Crippen LogP contribution is -2.35. The lowest BCUT2D eigenvalue weighted by molar-refractivity contribution is -0.123. The molecule has 1 rings (SSSR count). The van der Waals surface area contributed by atoms with Crippen LogP contribution in [0, 0.1) is 5.92 Å².